The molecule has 0 saturated carbocycles. The van der Waals surface area contributed by atoms with Gasteiger partial charge in [-0.3, -0.25) is 0 Å². The summed E-state index contributed by atoms with van der Waals surface area (Å²) in [4.78, 5) is 0. The molecule has 1 unspecified atom stereocenters. The minimum atomic E-state index is 0.183. The van der Waals surface area contributed by atoms with Gasteiger partial charge in [-0.2, -0.15) is 0 Å². The van der Waals surface area contributed by atoms with Gasteiger partial charge in [0.05, 0.1) is 7.11 Å². The van der Waals surface area contributed by atoms with Crippen LogP contribution in [0.2, 0.25) is 0 Å². The van der Waals surface area contributed by atoms with E-state index < -0.39 is 0 Å². The van der Waals surface area contributed by atoms with Crippen LogP contribution in [0.5, 0.6) is 5.75 Å². The minimum Gasteiger partial charge on any atom is -0.497 e. The van der Waals surface area contributed by atoms with E-state index in [1.165, 1.54) is 0 Å². The second kappa shape index (κ2) is 5.62. The Labute approximate surface area is 84.7 Å². The molecule has 1 aromatic carbocycles. The van der Waals surface area contributed by atoms with Gasteiger partial charge in [-0.05, 0) is 31.2 Å². The highest BCUT2D eigenvalue weighted by Crippen LogP contribution is 2.20. The van der Waals surface area contributed by atoms with E-state index in [2.05, 4.69) is 5.32 Å². The number of hydrogen-bond acceptors (Lipinski definition) is 3. The van der Waals surface area contributed by atoms with Crippen molar-refractivity contribution in [1.82, 2.24) is 5.32 Å². The number of benzene rings is 1. The van der Waals surface area contributed by atoms with Crippen molar-refractivity contribution < 1.29 is 9.84 Å². The first-order valence-electron chi connectivity index (χ1n) is 4.74. The molecule has 1 rings (SSSR count). The third-order valence-electron chi connectivity index (χ3n) is 2.26. The highest BCUT2D eigenvalue weighted by atomic mass is 16.5. The SMILES string of the molecule is CNC(CCO)c1cccc(OC)c1. The first-order valence-corrected chi connectivity index (χ1v) is 4.74. The Bertz CT molecular complexity index is 276. The number of ether oxygens (including phenoxy) is 1. The van der Waals surface area contributed by atoms with Crippen LogP contribution in [0.15, 0.2) is 24.3 Å². The number of aliphatic hydroxyl groups excluding tert-OH is 1. The van der Waals surface area contributed by atoms with Gasteiger partial charge in [0, 0.05) is 12.6 Å². The predicted octanol–water partition coefficient (Wildman–Crippen LogP) is 1.34. The van der Waals surface area contributed by atoms with E-state index in [1.807, 2.05) is 31.3 Å². The van der Waals surface area contributed by atoms with Crippen LogP contribution in [0.3, 0.4) is 0 Å². The number of nitrogens with one attached hydrogen (secondary N) is 1. The Balaban J connectivity index is 2.80. The monoisotopic (exact) mass is 195 g/mol. The van der Waals surface area contributed by atoms with E-state index >= 15 is 0 Å². The largest absolute Gasteiger partial charge is 0.497 e. The van der Waals surface area contributed by atoms with Gasteiger partial charge in [-0.15, -0.1) is 0 Å². The van der Waals surface area contributed by atoms with Crippen molar-refractivity contribution in [3.05, 3.63) is 29.8 Å². The van der Waals surface area contributed by atoms with Gasteiger partial charge in [0.15, 0.2) is 0 Å². The maximum atomic E-state index is 8.88. The summed E-state index contributed by atoms with van der Waals surface area (Å²) >= 11 is 0. The first-order chi connectivity index (χ1) is 6.81. The Hall–Kier alpha value is -1.06. The lowest BCUT2D eigenvalue weighted by atomic mass is 10.0. The second-order valence-electron chi connectivity index (χ2n) is 3.13. The van der Waals surface area contributed by atoms with E-state index in [1.54, 1.807) is 7.11 Å². The molecule has 0 saturated heterocycles. The van der Waals surface area contributed by atoms with Crippen LogP contribution in [0.25, 0.3) is 0 Å². The molecular formula is C11H17NO2. The van der Waals surface area contributed by atoms with Gasteiger partial charge in [-0.25, -0.2) is 0 Å². The zero-order valence-corrected chi connectivity index (χ0v) is 8.66. The second-order valence-corrected chi connectivity index (χ2v) is 3.13. The van der Waals surface area contributed by atoms with Crippen LogP contribution in [0.4, 0.5) is 0 Å². The maximum Gasteiger partial charge on any atom is 0.119 e. The number of rotatable bonds is 5. The van der Waals surface area contributed by atoms with Crippen molar-refractivity contribution >= 4 is 0 Å². The fourth-order valence-corrected chi connectivity index (χ4v) is 1.47. The highest BCUT2D eigenvalue weighted by molar-refractivity contribution is 5.30. The number of aliphatic hydroxyl groups is 1. The Morgan fingerprint density at radius 1 is 1.50 bits per heavy atom. The van der Waals surface area contributed by atoms with Crippen molar-refractivity contribution in [3.8, 4) is 5.75 Å². The normalized spacial score (nSPS) is 12.5. The molecule has 0 aliphatic carbocycles. The summed E-state index contributed by atoms with van der Waals surface area (Å²) in [6.45, 7) is 0.183. The molecule has 0 aliphatic rings. The standard InChI is InChI=1S/C11H17NO2/c1-12-11(6-7-13)9-4-3-5-10(8-9)14-2/h3-5,8,11-13H,6-7H2,1-2H3. The lowest BCUT2D eigenvalue weighted by Gasteiger charge is -2.15. The van der Waals surface area contributed by atoms with E-state index in [-0.39, 0.29) is 12.6 Å². The molecular weight excluding hydrogens is 178 g/mol. The zero-order chi connectivity index (χ0) is 10.4. The van der Waals surface area contributed by atoms with E-state index in [9.17, 15) is 0 Å². The summed E-state index contributed by atoms with van der Waals surface area (Å²) in [5, 5.41) is 12.0. The molecule has 0 fully saturated rings. The first kappa shape index (κ1) is 11.0. The van der Waals surface area contributed by atoms with Gasteiger partial charge in [0.2, 0.25) is 0 Å². The predicted molar refractivity (Wildman–Crippen MR) is 56.5 cm³/mol. The quantitative estimate of drug-likeness (QED) is 0.745. The van der Waals surface area contributed by atoms with Crippen molar-refractivity contribution in [2.45, 2.75) is 12.5 Å². The minimum absolute atomic E-state index is 0.183. The van der Waals surface area contributed by atoms with Gasteiger partial charge >= 0.3 is 0 Å². The molecule has 1 atom stereocenters. The lowest BCUT2D eigenvalue weighted by molar-refractivity contribution is 0.268. The molecule has 0 aliphatic heterocycles. The van der Waals surface area contributed by atoms with Crippen LogP contribution in [-0.2, 0) is 0 Å². The lowest BCUT2D eigenvalue weighted by Crippen LogP contribution is -2.17. The summed E-state index contributed by atoms with van der Waals surface area (Å²) in [6.07, 6.45) is 0.712. The van der Waals surface area contributed by atoms with E-state index in [0.29, 0.717) is 6.42 Å². The van der Waals surface area contributed by atoms with Crippen molar-refractivity contribution in [1.29, 1.82) is 0 Å². The maximum absolute atomic E-state index is 8.88. The summed E-state index contributed by atoms with van der Waals surface area (Å²) < 4.78 is 5.14. The fraction of sp³-hybridized carbons (Fsp3) is 0.455. The Morgan fingerprint density at radius 3 is 2.86 bits per heavy atom. The van der Waals surface area contributed by atoms with Crippen molar-refractivity contribution in [2.24, 2.45) is 0 Å². The molecule has 0 aromatic heterocycles. The number of methoxy groups -OCH3 is 1. The van der Waals surface area contributed by atoms with Crippen LogP contribution < -0.4 is 10.1 Å². The molecule has 78 valence electrons. The zero-order valence-electron chi connectivity index (χ0n) is 8.66. The average molecular weight is 195 g/mol. The summed E-state index contributed by atoms with van der Waals surface area (Å²) in [5.41, 5.74) is 1.14. The fourth-order valence-electron chi connectivity index (χ4n) is 1.47. The van der Waals surface area contributed by atoms with Crippen LogP contribution in [-0.4, -0.2) is 25.9 Å². The van der Waals surface area contributed by atoms with E-state index in [4.69, 9.17) is 9.84 Å². The average Bonchev–Trinajstić information content (AvgIpc) is 2.26. The molecule has 3 heteroatoms. The summed E-state index contributed by atoms with van der Waals surface area (Å²) in [7, 11) is 3.54. The smallest absolute Gasteiger partial charge is 0.119 e. The summed E-state index contributed by atoms with van der Waals surface area (Å²) in [6, 6.07) is 8.07. The Kier molecular flexibility index (Phi) is 4.43. The van der Waals surface area contributed by atoms with Gasteiger partial charge in [0.1, 0.15) is 5.75 Å². The molecule has 0 bridgehead atoms. The molecule has 14 heavy (non-hydrogen) atoms. The molecule has 3 nitrogen and oxygen atoms in total. The Morgan fingerprint density at radius 2 is 2.29 bits per heavy atom. The van der Waals surface area contributed by atoms with Crippen molar-refractivity contribution in [2.75, 3.05) is 20.8 Å². The van der Waals surface area contributed by atoms with Gasteiger partial charge in [-0.1, -0.05) is 12.1 Å². The van der Waals surface area contributed by atoms with Gasteiger partial charge in [0.25, 0.3) is 0 Å². The summed E-state index contributed by atoms with van der Waals surface area (Å²) in [5.74, 6) is 0.848. The molecule has 0 radical (unpaired) electrons. The molecule has 1 aromatic rings. The topological polar surface area (TPSA) is 41.5 Å². The highest BCUT2D eigenvalue weighted by Gasteiger charge is 2.08. The van der Waals surface area contributed by atoms with Crippen LogP contribution >= 0.6 is 0 Å². The number of hydrogen-bond donors (Lipinski definition) is 2. The molecule has 0 spiro atoms. The van der Waals surface area contributed by atoms with Gasteiger partial charge < -0.3 is 15.2 Å². The third-order valence-corrected chi connectivity index (χ3v) is 2.26. The van der Waals surface area contributed by atoms with Crippen molar-refractivity contribution in [3.63, 3.8) is 0 Å². The van der Waals surface area contributed by atoms with E-state index in [0.717, 1.165) is 11.3 Å². The molecule has 0 amide bonds. The third kappa shape index (κ3) is 2.72. The van der Waals surface area contributed by atoms with Crippen LogP contribution in [0.1, 0.15) is 18.0 Å². The molecule has 2 N–H and O–H groups in total. The van der Waals surface area contributed by atoms with Crippen LogP contribution in [0, 0.1) is 0 Å². The molecule has 0 heterocycles.